The van der Waals surface area contributed by atoms with Crippen molar-refractivity contribution in [2.75, 3.05) is 42.5 Å². The van der Waals surface area contributed by atoms with E-state index < -0.39 is 0 Å². The molecule has 0 bridgehead atoms. The number of hydrogen-bond acceptors (Lipinski definition) is 4. The smallest absolute Gasteiger partial charge is 0.317 e. The Morgan fingerprint density at radius 1 is 0.903 bits per heavy atom. The highest BCUT2D eigenvalue weighted by molar-refractivity contribution is 5.97. The summed E-state index contributed by atoms with van der Waals surface area (Å²) in [5, 5.41) is 3.03. The fourth-order valence-corrected chi connectivity index (χ4v) is 4.12. The van der Waals surface area contributed by atoms with Crippen LogP contribution in [0.25, 0.3) is 0 Å². The van der Waals surface area contributed by atoms with Crippen LogP contribution in [0.4, 0.5) is 16.2 Å². The summed E-state index contributed by atoms with van der Waals surface area (Å²) < 4.78 is 0. The van der Waals surface area contributed by atoms with E-state index in [-0.39, 0.29) is 23.8 Å². The standard InChI is InChI=1S/C24H28N4O3/c1-17-3-7-22(8-4-17)28-16-20(15-23(28)30)25-24(31)27-13-11-26(12-14-27)21-9-5-19(6-10-21)18(2)29/h3-10,20H,11-16H2,1-2H3,(H,25,31)/t20-/m0/s1. The molecule has 2 aromatic carbocycles. The second kappa shape index (κ2) is 8.79. The number of ketones is 1. The van der Waals surface area contributed by atoms with Gasteiger partial charge < -0.3 is 20.0 Å². The monoisotopic (exact) mass is 420 g/mol. The number of anilines is 2. The molecule has 0 spiro atoms. The molecule has 0 saturated carbocycles. The van der Waals surface area contributed by atoms with Gasteiger partial charge in [-0.1, -0.05) is 17.7 Å². The maximum atomic E-state index is 12.7. The van der Waals surface area contributed by atoms with Crippen molar-refractivity contribution < 1.29 is 14.4 Å². The molecular formula is C24H28N4O3. The number of piperazine rings is 1. The van der Waals surface area contributed by atoms with Crippen LogP contribution in [0, 0.1) is 6.92 Å². The Kier molecular flexibility index (Phi) is 5.93. The quantitative estimate of drug-likeness (QED) is 0.772. The summed E-state index contributed by atoms with van der Waals surface area (Å²) in [6, 6.07) is 15.2. The fourth-order valence-electron chi connectivity index (χ4n) is 4.12. The third-order valence-electron chi connectivity index (χ3n) is 6.00. The van der Waals surface area contributed by atoms with Gasteiger partial charge in [-0.15, -0.1) is 0 Å². The molecule has 4 rings (SSSR count). The SMILES string of the molecule is CC(=O)c1ccc(N2CCN(C(=O)N[C@H]3CC(=O)N(c4ccc(C)cc4)C3)CC2)cc1. The highest BCUT2D eigenvalue weighted by Crippen LogP contribution is 2.22. The lowest BCUT2D eigenvalue weighted by Gasteiger charge is -2.36. The maximum Gasteiger partial charge on any atom is 0.317 e. The van der Waals surface area contributed by atoms with Gasteiger partial charge in [0.1, 0.15) is 0 Å². The highest BCUT2D eigenvalue weighted by atomic mass is 16.2. The molecule has 31 heavy (non-hydrogen) atoms. The second-order valence-corrected chi connectivity index (χ2v) is 8.27. The normalized spacial score (nSPS) is 19.0. The first-order valence-electron chi connectivity index (χ1n) is 10.7. The van der Waals surface area contributed by atoms with Gasteiger partial charge in [-0.2, -0.15) is 0 Å². The lowest BCUT2D eigenvalue weighted by Crippen LogP contribution is -2.53. The van der Waals surface area contributed by atoms with Crippen molar-refractivity contribution in [1.29, 1.82) is 0 Å². The predicted molar refractivity (Wildman–Crippen MR) is 121 cm³/mol. The number of carbonyl (C=O) groups is 3. The van der Waals surface area contributed by atoms with E-state index in [1.807, 2.05) is 55.5 Å². The van der Waals surface area contributed by atoms with Crippen molar-refractivity contribution in [3.8, 4) is 0 Å². The maximum absolute atomic E-state index is 12.7. The summed E-state index contributed by atoms with van der Waals surface area (Å²) in [6.45, 7) is 6.75. The van der Waals surface area contributed by atoms with Gasteiger partial charge >= 0.3 is 6.03 Å². The minimum atomic E-state index is -0.182. The van der Waals surface area contributed by atoms with E-state index >= 15 is 0 Å². The van der Waals surface area contributed by atoms with Gasteiger partial charge in [0, 0.05) is 56.1 Å². The summed E-state index contributed by atoms with van der Waals surface area (Å²) in [4.78, 5) is 42.4. The number of nitrogens with one attached hydrogen (secondary N) is 1. The number of urea groups is 1. The van der Waals surface area contributed by atoms with Crippen LogP contribution in [0.15, 0.2) is 48.5 Å². The lowest BCUT2D eigenvalue weighted by atomic mass is 10.1. The molecule has 162 valence electrons. The summed E-state index contributed by atoms with van der Waals surface area (Å²) >= 11 is 0. The molecule has 2 heterocycles. The average molecular weight is 421 g/mol. The van der Waals surface area contributed by atoms with Gasteiger partial charge in [0.2, 0.25) is 5.91 Å². The summed E-state index contributed by atoms with van der Waals surface area (Å²) in [7, 11) is 0. The molecular weight excluding hydrogens is 392 g/mol. The van der Waals surface area contributed by atoms with Crippen LogP contribution in [0.3, 0.4) is 0 Å². The van der Waals surface area contributed by atoms with E-state index in [9.17, 15) is 14.4 Å². The Morgan fingerprint density at radius 3 is 2.13 bits per heavy atom. The topological polar surface area (TPSA) is 73.0 Å². The van der Waals surface area contributed by atoms with E-state index in [4.69, 9.17) is 0 Å². The minimum absolute atomic E-state index is 0.0352. The first-order chi connectivity index (χ1) is 14.9. The van der Waals surface area contributed by atoms with E-state index in [1.54, 1.807) is 16.7 Å². The van der Waals surface area contributed by atoms with Gasteiger partial charge in [-0.3, -0.25) is 9.59 Å². The third kappa shape index (κ3) is 4.71. The van der Waals surface area contributed by atoms with Crippen LogP contribution in [-0.2, 0) is 4.79 Å². The van der Waals surface area contributed by atoms with Gasteiger partial charge in [-0.05, 0) is 50.2 Å². The zero-order valence-corrected chi connectivity index (χ0v) is 18.0. The summed E-state index contributed by atoms with van der Waals surface area (Å²) in [5.41, 5.74) is 3.78. The number of nitrogens with zero attached hydrogens (tertiary/aromatic N) is 3. The molecule has 2 fully saturated rings. The third-order valence-corrected chi connectivity index (χ3v) is 6.00. The van der Waals surface area contributed by atoms with Crippen LogP contribution in [0.1, 0.15) is 29.3 Å². The van der Waals surface area contributed by atoms with Crippen molar-refractivity contribution >= 4 is 29.1 Å². The van der Waals surface area contributed by atoms with Crippen LogP contribution in [0.5, 0.6) is 0 Å². The van der Waals surface area contributed by atoms with E-state index in [0.29, 0.717) is 31.6 Å². The van der Waals surface area contributed by atoms with Crippen LogP contribution in [-0.4, -0.2) is 61.4 Å². The van der Waals surface area contributed by atoms with Gasteiger partial charge in [0.15, 0.2) is 5.78 Å². The number of amides is 3. The van der Waals surface area contributed by atoms with Gasteiger partial charge in [0.25, 0.3) is 0 Å². The first-order valence-corrected chi connectivity index (χ1v) is 10.7. The molecule has 0 unspecified atom stereocenters. The minimum Gasteiger partial charge on any atom is -0.368 e. The lowest BCUT2D eigenvalue weighted by molar-refractivity contribution is -0.117. The first kappa shape index (κ1) is 20.9. The highest BCUT2D eigenvalue weighted by Gasteiger charge is 2.33. The number of aryl methyl sites for hydroxylation is 1. The molecule has 7 heteroatoms. The molecule has 2 saturated heterocycles. The molecule has 0 radical (unpaired) electrons. The number of Topliss-reactive ketones (excluding diaryl/α,β-unsaturated/α-hetero) is 1. The van der Waals surface area contributed by atoms with Crippen molar-refractivity contribution in [1.82, 2.24) is 10.2 Å². The number of benzene rings is 2. The zero-order valence-electron chi connectivity index (χ0n) is 18.0. The number of carbonyl (C=O) groups excluding carboxylic acids is 3. The Labute approximate surface area is 182 Å². The van der Waals surface area contributed by atoms with Crippen LogP contribution < -0.4 is 15.1 Å². The van der Waals surface area contributed by atoms with Crippen molar-refractivity contribution in [3.63, 3.8) is 0 Å². The molecule has 2 aromatic rings. The molecule has 1 N–H and O–H groups in total. The molecule has 7 nitrogen and oxygen atoms in total. The second-order valence-electron chi connectivity index (χ2n) is 8.27. The van der Waals surface area contributed by atoms with Gasteiger partial charge in [-0.25, -0.2) is 4.79 Å². The van der Waals surface area contributed by atoms with Crippen LogP contribution in [0.2, 0.25) is 0 Å². The van der Waals surface area contributed by atoms with Crippen molar-refractivity contribution in [3.05, 3.63) is 59.7 Å². The molecule has 1 atom stereocenters. The molecule has 0 aromatic heterocycles. The van der Waals surface area contributed by atoms with E-state index in [1.165, 1.54) is 0 Å². The molecule has 3 amide bonds. The fraction of sp³-hybridized carbons (Fsp3) is 0.375. The van der Waals surface area contributed by atoms with Crippen molar-refractivity contribution in [2.24, 2.45) is 0 Å². The van der Waals surface area contributed by atoms with Gasteiger partial charge in [0.05, 0.1) is 6.04 Å². The Bertz CT molecular complexity index is 963. The van der Waals surface area contributed by atoms with E-state index in [2.05, 4.69) is 10.2 Å². The Hall–Kier alpha value is -3.35. The van der Waals surface area contributed by atoms with Crippen molar-refractivity contribution in [2.45, 2.75) is 26.3 Å². The Morgan fingerprint density at radius 2 is 1.52 bits per heavy atom. The molecule has 2 aliphatic heterocycles. The molecule has 0 aliphatic carbocycles. The largest absolute Gasteiger partial charge is 0.368 e. The Balaban J connectivity index is 1.29. The number of hydrogen-bond donors (Lipinski definition) is 1. The van der Waals surface area contributed by atoms with Crippen LogP contribution >= 0.6 is 0 Å². The number of rotatable bonds is 4. The average Bonchev–Trinajstić information content (AvgIpc) is 3.14. The zero-order chi connectivity index (χ0) is 22.0. The van der Waals surface area contributed by atoms with E-state index in [0.717, 1.165) is 30.0 Å². The predicted octanol–water partition coefficient (Wildman–Crippen LogP) is 2.83. The summed E-state index contributed by atoms with van der Waals surface area (Å²) in [5.74, 6) is 0.0901. The molecule has 2 aliphatic rings. The summed E-state index contributed by atoms with van der Waals surface area (Å²) in [6.07, 6.45) is 0.322.